The largest absolute Gasteiger partial charge is 0.354 e. The summed E-state index contributed by atoms with van der Waals surface area (Å²) >= 11 is 18.6. The van der Waals surface area contributed by atoms with Crippen molar-refractivity contribution >= 4 is 62.3 Å². The molecule has 3 rings (SSSR count). The summed E-state index contributed by atoms with van der Waals surface area (Å²) in [6.07, 6.45) is 0.298. The van der Waals surface area contributed by atoms with Gasteiger partial charge >= 0.3 is 0 Å². The second-order valence-corrected chi connectivity index (χ2v) is 13.3. The van der Waals surface area contributed by atoms with Gasteiger partial charge in [0.2, 0.25) is 11.8 Å². The quantitative estimate of drug-likeness (QED) is 0.238. The van der Waals surface area contributed by atoms with Crippen LogP contribution in [0.25, 0.3) is 0 Å². The van der Waals surface area contributed by atoms with E-state index in [1.165, 1.54) is 29.2 Å². The van der Waals surface area contributed by atoms with Crippen molar-refractivity contribution in [3.8, 4) is 0 Å². The first kappa shape index (κ1) is 32.7. The summed E-state index contributed by atoms with van der Waals surface area (Å²) < 4.78 is 28.8. The Morgan fingerprint density at radius 1 is 0.902 bits per heavy atom. The number of anilines is 1. The number of hydrogen-bond acceptors (Lipinski definition) is 4. The van der Waals surface area contributed by atoms with Crippen molar-refractivity contribution in [3.05, 3.63) is 92.9 Å². The molecule has 0 aliphatic heterocycles. The molecule has 0 fully saturated rings. The molecule has 0 unspecified atom stereocenters. The van der Waals surface area contributed by atoms with Crippen molar-refractivity contribution < 1.29 is 18.0 Å². The maximum absolute atomic E-state index is 14.1. The number of hydrogen-bond donors (Lipinski definition) is 1. The fourth-order valence-electron chi connectivity index (χ4n) is 4.15. The third kappa shape index (κ3) is 8.61. The van der Waals surface area contributed by atoms with Crippen LogP contribution in [-0.2, 0) is 26.2 Å². The van der Waals surface area contributed by atoms with E-state index in [9.17, 15) is 18.0 Å². The minimum Gasteiger partial charge on any atom is -0.354 e. The summed E-state index contributed by atoms with van der Waals surface area (Å²) in [5, 5.41) is 4.07. The highest BCUT2D eigenvalue weighted by Gasteiger charge is 2.34. The van der Waals surface area contributed by atoms with Gasteiger partial charge in [0.05, 0.1) is 10.6 Å². The van der Waals surface area contributed by atoms with Crippen LogP contribution in [0.2, 0.25) is 15.1 Å². The van der Waals surface area contributed by atoms with E-state index in [-0.39, 0.29) is 29.0 Å². The smallest absolute Gasteiger partial charge is 0.264 e. The lowest BCUT2D eigenvalue weighted by Gasteiger charge is -2.33. The van der Waals surface area contributed by atoms with Crippen LogP contribution in [0.15, 0.2) is 71.6 Å². The van der Waals surface area contributed by atoms with Crippen LogP contribution in [0.3, 0.4) is 0 Å². The van der Waals surface area contributed by atoms with Gasteiger partial charge in [0.1, 0.15) is 12.6 Å². The van der Waals surface area contributed by atoms with Gasteiger partial charge in [-0.1, -0.05) is 79.3 Å². The molecule has 0 aromatic heterocycles. The Hall–Kier alpha value is -2.78. The third-order valence-corrected chi connectivity index (χ3v) is 9.06. The van der Waals surface area contributed by atoms with Gasteiger partial charge in [0.25, 0.3) is 10.0 Å². The molecule has 0 saturated carbocycles. The molecule has 220 valence electrons. The molecule has 1 N–H and O–H groups in total. The lowest BCUT2D eigenvalue weighted by Crippen LogP contribution is -2.52. The van der Waals surface area contributed by atoms with Crippen LogP contribution < -0.4 is 9.62 Å². The van der Waals surface area contributed by atoms with Crippen molar-refractivity contribution in [2.75, 3.05) is 17.4 Å². The number of carbonyl (C=O) groups is 2. The number of rotatable bonds is 12. The van der Waals surface area contributed by atoms with Crippen molar-refractivity contribution in [1.29, 1.82) is 0 Å². The monoisotopic (exact) mass is 637 g/mol. The summed E-state index contributed by atoms with van der Waals surface area (Å²) in [5.41, 5.74) is 1.71. The SMILES string of the molecule is CC[C@@H](C(=O)NCC(C)C)N(Cc1ccc(Cl)cc1Cl)C(=O)CN(c1ccc(Cl)cc1)S(=O)(=O)c1ccc(C)cc1. The van der Waals surface area contributed by atoms with Gasteiger partial charge in [-0.05, 0) is 73.4 Å². The van der Waals surface area contributed by atoms with Crippen molar-refractivity contribution in [2.24, 2.45) is 5.92 Å². The molecule has 0 bridgehead atoms. The Labute approximate surface area is 257 Å². The van der Waals surface area contributed by atoms with E-state index in [2.05, 4.69) is 5.32 Å². The lowest BCUT2D eigenvalue weighted by molar-refractivity contribution is -0.140. The van der Waals surface area contributed by atoms with E-state index in [0.29, 0.717) is 33.6 Å². The normalized spacial score (nSPS) is 12.2. The molecule has 1 atom stereocenters. The van der Waals surface area contributed by atoms with Gasteiger partial charge < -0.3 is 10.2 Å². The van der Waals surface area contributed by atoms with Crippen LogP contribution >= 0.6 is 34.8 Å². The zero-order chi connectivity index (χ0) is 30.3. The Kier molecular flexibility index (Phi) is 11.5. The minimum atomic E-state index is -4.17. The highest BCUT2D eigenvalue weighted by Crippen LogP contribution is 2.28. The Balaban J connectivity index is 2.06. The first-order chi connectivity index (χ1) is 19.3. The van der Waals surface area contributed by atoms with Crippen molar-refractivity contribution in [2.45, 2.75) is 51.6 Å². The second kappa shape index (κ2) is 14.4. The van der Waals surface area contributed by atoms with Crippen LogP contribution in [-0.4, -0.2) is 44.3 Å². The maximum Gasteiger partial charge on any atom is 0.264 e. The highest BCUT2D eigenvalue weighted by atomic mass is 35.5. The van der Waals surface area contributed by atoms with E-state index in [1.54, 1.807) is 49.4 Å². The molecule has 0 aliphatic rings. The van der Waals surface area contributed by atoms with Gasteiger partial charge in [0, 0.05) is 28.2 Å². The standard InChI is InChI=1S/C30H34Cl3N3O4S/c1-5-28(30(38)34-17-20(2)3)35(18-22-8-9-24(32)16-27(22)33)29(37)19-36(25-12-10-23(31)11-13-25)41(39,40)26-14-6-21(4)7-15-26/h6-16,20,28H,5,17-19H2,1-4H3,(H,34,38)/t28-/m0/s1. The van der Waals surface area contributed by atoms with E-state index in [0.717, 1.165) is 9.87 Å². The highest BCUT2D eigenvalue weighted by molar-refractivity contribution is 7.92. The zero-order valence-corrected chi connectivity index (χ0v) is 26.5. The molecule has 0 radical (unpaired) electrons. The number of benzene rings is 3. The van der Waals surface area contributed by atoms with Crippen LogP contribution in [0.5, 0.6) is 0 Å². The molecular formula is C30H34Cl3N3O4S. The predicted molar refractivity (Wildman–Crippen MR) is 166 cm³/mol. The number of carbonyl (C=O) groups excluding carboxylic acids is 2. The van der Waals surface area contributed by atoms with Gasteiger partial charge in [-0.3, -0.25) is 13.9 Å². The summed E-state index contributed by atoms with van der Waals surface area (Å²) in [4.78, 5) is 28.8. The molecule has 0 aliphatic carbocycles. The van der Waals surface area contributed by atoms with E-state index in [4.69, 9.17) is 34.8 Å². The number of nitrogens with zero attached hydrogens (tertiary/aromatic N) is 2. The molecule has 0 heterocycles. The first-order valence-corrected chi connectivity index (χ1v) is 15.8. The average molecular weight is 639 g/mol. The van der Waals surface area contributed by atoms with Gasteiger partial charge in [-0.25, -0.2) is 8.42 Å². The number of aryl methyl sites for hydroxylation is 1. The van der Waals surface area contributed by atoms with Crippen LogP contribution in [0, 0.1) is 12.8 Å². The molecule has 3 aromatic carbocycles. The summed E-state index contributed by atoms with van der Waals surface area (Å²) in [5.74, 6) is -0.710. The zero-order valence-electron chi connectivity index (χ0n) is 23.4. The van der Waals surface area contributed by atoms with Gasteiger partial charge in [-0.15, -0.1) is 0 Å². The van der Waals surface area contributed by atoms with Crippen LogP contribution in [0.4, 0.5) is 5.69 Å². The molecule has 0 spiro atoms. The average Bonchev–Trinajstić information content (AvgIpc) is 2.92. The second-order valence-electron chi connectivity index (χ2n) is 10.1. The summed E-state index contributed by atoms with van der Waals surface area (Å²) in [6.45, 7) is 7.43. The molecular weight excluding hydrogens is 605 g/mol. The Morgan fingerprint density at radius 3 is 2.07 bits per heavy atom. The summed E-state index contributed by atoms with van der Waals surface area (Å²) in [7, 11) is -4.17. The Bertz CT molecular complexity index is 1460. The first-order valence-electron chi connectivity index (χ1n) is 13.2. The molecule has 7 nitrogen and oxygen atoms in total. The van der Waals surface area contributed by atoms with Crippen LogP contribution in [0.1, 0.15) is 38.3 Å². The van der Waals surface area contributed by atoms with Gasteiger partial charge in [0.15, 0.2) is 0 Å². The number of amides is 2. The molecule has 11 heteroatoms. The van der Waals surface area contributed by atoms with E-state index < -0.39 is 28.5 Å². The summed E-state index contributed by atoms with van der Waals surface area (Å²) in [6, 6.07) is 16.6. The van der Waals surface area contributed by atoms with Crippen molar-refractivity contribution in [1.82, 2.24) is 10.2 Å². The van der Waals surface area contributed by atoms with Gasteiger partial charge in [-0.2, -0.15) is 0 Å². The molecule has 0 saturated heterocycles. The fraction of sp³-hybridized carbons (Fsp3) is 0.333. The fourth-order valence-corrected chi connectivity index (χ4v) is 6.16. The molecule has 41 heavy (non-hydrogen) atoms. The van der Waals surface area contributed by atoms with Crippen molar-refractivity contribution in [3.63, 3.8) is 0 Å². The Morgan fingerprint density at radius 2 is 1.51 bits per heavy atom. The lowest BCUT2D eigenvalue weighted by atomic mass is 10.1. The number of sulfonamides is 1. The number of nitrogens with one attached hydrogen (secondary N) is 1. The molecule has 2 amide bonds. The topological polar surface area (TPSA) is 86.8 Å². The van der Waals surface area contributed by atoms with E-state index >= 15 is 0 Å². The minimum absolute atomic E-state index is 0.0263. The maximum atomic E-state index is 14.1. The third-order valence-electron chi connectivity index (χ3n) is 6.43. The molecule has 3 aromatic rings. The number of halogens is 3. The predicted octanol–water partition coefficient (Wildman–Crippen LogP) is 6.73. The van der Waals surface area contributed by atoms with E-state index in [1.807, 2.05) is 20.8 Å².